The van der Waals surface area contributed by atoms with E-state index in [0.29, 0.717) is 23.1 Å². The smallest absolute Gasteiger partial charge is 0.338 e. The van der Waals surface area contributed by atoms with Crippen LogP contribution in [-0.4, -0.2) is 35.1 Å². The van der Waals surface area contributed by atoms with E-state index in [1.165, 1.54) is 6.92 Å². The number of fused-ring (bicyclic) bond motifs is 1. The fourth-order valence-electron chi connectivity index (χ4n) is 2.72. The van der Waals surface area contributed by atoms with Crippen molar-refractivity contribution in [1.82, 2.24) is 15.3 Å². The summed E-state index contributed by atoms with van der Waals surface area (Å²) >= 11 is 0. The summed E-state index contributed by atoms with van der Waals surface area (Å²) in [5.41, 5.74) is 4.19. The molecule has 0 aliphatic carbocycles. The van der Waals surface area contributed by atoms with E-state index in [0.717, 1.165) is 22.7 Å². The van der Waals surface area contributed by atoms with Gasteiger partial charge in [0, 0.05) is 6.54 Å². The lowest BCUT2D eigenvalue weighted by Gasteiger charge is -2.14. The number of rotatable bonds is 6. The third kappa shape index (κ3) is 4.87. The van der Waals surface area contributed by atoms with E-state index in [1.54, 1.807) is 25.3 Å². The van der Waals surface area contributed by atoms with Gasteiger partial charge in [0.15, 0.2) is 6.10 Å². The van der Waals surface area contributed by atoms with Crippen LogP contribution in [-0.2, 0) is 16.1 Å². The number of hydrogen-bond donors (Lipinski definition) is 1. The largest absolute Gasteiger partial charge is 0.497 e. The molecule has 1 N–H and O–H groups in total. The normalized spacial score (nSPS) is 11.7. The van der Waals surface area contributed by atoms with Gasteiger partial charge in [0.2, 0.25) is 0 Å². The molecule has 1 amide bonds. The van der Waals surface area contributed by atoms with Gasteiger partial charge in [-0.2, -0.15) is 0 Å². The van der Waals surface area contributed by atoms with Crippen molar-refractivity contribution < 1.29 is 19.1 Å². The molecular formula is C22H23N3O4. The first-order chi connectivity index (χ1) is 13.9. The van der Waals surface area contributed by atoms with Crippen molar-refractivity contribution in [3.8, 4) is 5.75 Å². The number of ether oxygens (including phenoxy) is 2. The molecule has 1 heterocycles. The lowest BCUT2D eigenvalue weighted by molar-refractivity contribution is -0.129. The van der Waals surface area contributed by atoms with E-state index in [-0.39, 0.29) is 5.91 Å². The number of amides is 1. The summed E-state index contributed by atoms with van der Waals surface area (Å²) in [6.45, 7) is 5.61. The summed E-state index contributed by atoms with van der Waals surface area (Å²) in [6, 6.07) is 12.3. The lowest BCUT2D eigenvalue weighted by Crippen LogP contribution is -2.35. The van der Waals surface area contributed by atoms with Gasteiger partial charge in [0.05, 0.1) is 35.1 Å². The molecule has 0 saturated heterocycles. The van der Waals surface area contributed by atoms with Gasteiger partial charge in [-0.25, -0.2) is 14.8 Å². The van der Waals surface area contributed by atoms with Gasteiger partial charge >= 0.3 is 5.97 Å². The van der Waals surface area contributed by atoms with E-state index in [9.17, 15) is 9.59 Å². The summed E-state index contributed by atoms with van der Waals surface area (Å²) in [7, 11) is 1.59. The van der Waals surface area contributed by atoms with Crippen LogP contribution in [0.15, 0.2) is 42.5 Å². The number of nitrogens with zero attached hydrogens (tertiary/aromatic N) is 2. The minimum atomic E-state index is -0.928. The van der Waals surface area contributed by atoms with Gasteiger partial charge in [-0.3, -0.25) is 4.79 Å². The Morgan fingerprint density at radius 1 is 1.00 bits per heavy atom. The van der Waals surface area contributed by atoms with Crippen LogP contribution in [0, 0.1) is 13.8 Å². The molecule has 0 spiro atoms. The highest BCUT2D eigenvalue weighted by Gasteiger charge is 2.19. The van der Waals surface area contributed by atoms with E-state index < -0.39 is 12.1 Å². The van der Waals surface area contributed by atoms with Gasteiger partial charge in [0.25, 0.3) is 5.91 Å². The van der Waals surface area contributed by atoms with Crippen molar-refractivity contribution in [2.24, 2.45) is 0 Å². The maximum Gasteiger partial charge on any atom is 0.338 e. The Bertz CT molecular complexity index is 1050. The first-order valence-electron chi connectivity index (χ1n) is 9.24. The molecule has 1 aromatic heterocycles. The summed E-state index contributed by atoms with van der Waals surface area (Å²) < 4.78 is 10.4. The summed E-state index contributed by atoms with van der Waals surface area (Å²) in [5, 5.41) is 2.76. The Balaban J connectivity index is 1.60. The van der Waals surface area contributed by atoms with E-state index in [2.05, 4.69) is 15.3 Å². The summed E-state index contributed by atoms with van der Waals surface area (Å²) in [5.74, 6) is -0.215. The quantitative estimate of drug-likeness (QED) is 0.647. The number of methoxy groups -OCH3 is 1. The van der Waals surface area contributed by atoms with Crippen molar-refractivity contribution in [2.45, 2.75) is 33.4 Å². The average Bonchev–Trinajstić information content (AvgIpc) is 2.72. The monoisotopic (exact) mass is 393 g/mol. The van der Waals surface area contributed by atoms with Crippen LogP contribution in [0.25, 0.3) is 11.0 Å². The zero-order chi connectivity index (χ0) is 21.0. The van der Waals surface area contributed by atoms with Gasteiger partial charge in [-0.1, -0.05) is 12.1 Å². The highest BCUT2D eigenvalue weighted by molar-refractivity contribution is 5.95. The van der Waals surface area contributed by atoms with Crippen molar-refractivity contribution >= 4 is 22.9 Å². The second kappa shape index (κ2) is 8.68. The van der Waals surface area contributed by atoms with E-state index >= 15 is 0 Å². The molecule has 0 unspecified atom stereocenters. The third-order valence-electron chi connectivity index (χ3n) is 4.59. The Kier molecular flexibility index (Phi) is 6.07. The fourth-order valence-corrected chi connectivity index (χ4v) is 2.72. The topological polar surface area (TPSA) is 90.4 Å². The number of carbonyl (C=O) groups excluding carboxylic acids is 2. The lowest BCUT2D eigenvalue weighted by atomic mass is 10.2. The predicted molar refractivity (Wildman–Crippen MR) is 109 cm³/mol. The highest BCUT2D eigenvalue weighted by atomic mass is 16.5. The van der Waals surface area contributed by atoms with Crippen LogP contribution in [0.4, 0.5) is 0 Å². The molecule has 2 aromatic carbocycles. The van der Waals surface area contributed by atoms with Crippen molar-refractivity contribution in [3.05, 3.63) is 65.0 Å². The molecule has 0 fully saturated rings. The molecule has 0 radical (unpaired) electrons. The van der Waals surface area contributed by atoms with Crippen LogP contribution in [0.2, 0.25) is 0 Å². The third-order valence-corrected chi connectivity index (χ3v) is 4.59. The van der Waals surface area contributed by atoms with E-state index in [1.807, 2.05) is 38.1 Å². The Labute approximate surface area is 169 Å². The number of aryl methyl sites for hydroxylation is 2. The molecule has 3 aromatic rings. The first-order valence-corrected chi connectivity index (χ1v) is 9.24. The molecule has 3 rings (SSSR count). The standard InChI is InChI=1S/C22H23N3O4/c1-13-14(2)25-20-11-17(7-10-19(20)24-13)22(27)29-15(3)21(26)23-12-16-5-8-18(28-4)9-6-16/h5-11,15H,12H2,1-4H3,(H,23,26)/t15-/m1/s1. The number of hydrogen-bond acceptors (Lipinski definition) is 6. The molecule has 1 atom stereocenters. The molecule has 0 bridgehead atoms. The molecule has 0 aliphatic rings. The number of esters is 1. The molecule has 7 heteroatoms. The maximum atomic E-state index is 12.4. The summed E-state index contributed by atoms with van der Waals surface area (Å²) in [4.78, 5) is 33.6. The summed E-state index contributed by atoms with van der Waals surface area (Å²) in [6.07, 6.45) is -0.928. The van der Waals surface area contributed by atoms with Crippen molar-refractivity contribution in [3.63, 3.8) is 0 Å². The molecule has 150 valence electrons. The number of aromatic nitrogens is 2. The Morgan fingerprint density at radius 2 is 1.66 bits per heavy atom. The Morgan fingerprint density at radius 3 is 2.31 bits per heavy atom. The number of benzene rings is 2. The maximum absolute atomic E-state index is 12.4. The Hall–Kier alpha value is -3.48. The minimum absolute atomic E-state index is 0.324. The number of carbonyl (C=O) groups is 2. The molecule has 29 heavy (non-hydrogen) atoms. The second-order valence-electron chi connectivity index (χ2n) is 6.71. The van der Waals surface area contributed by atoms with Gasteiger partial charge < -0.3 is 14.8 Å². The first kappa shape index (κ1) is 20.3. The van der Waals surface area contributed by atoms with Gasteiger partial charge in [-0.15, -0.1) is 0 Å². The zero-order valence-electron chi connectivity index (χ0n) is 16.9. The second-order valence-corrected chi connectivity index (χ2v) is 6.71. The van der Waals surface area contributed by atoms with Crippen LogP contribution < -0.4 is 10.1 Å². The fraction of sp³-hybridized carbons (Fsp3) is 0.273. The van der Waals surface area contributed by atoms with Crippen LogP contribution in [0.5, 0.6) is 5.75 Å². The average molecular weight is 393 g/mol. The molecular weight excluding hydrogens is 370 g/mol. The molecule has 0 aliphatic heterocycles. The van der Waals surface area contributed by atoms with Crippen LogP contribution in [0.1, 0.15) is 34.2 Å². The van der Waals surface area contributed by atoms with E-state index in [4.69, 9.17) is 9.47 Å². The van der Waals surface area contributed by atoms with Gasteiger partial charge in [-0.05, 0) is 56.7 Å². The van der Waals surface area contributed by atoms with Gasteiger partial charge in [0.1, 0.15) is 5.75 Å². The predicted octanol–water partition coefficient (Wildman–Crippen LogP) is 3.12. The zero-order valence-corrected chi connectivity index (χ0v) is 16.9. The van der Waals surface area contributed by atoms with Crippen molar-refractivity contribution in [2.75, 3.05) is 7.11 Å². The highest BCUT2D eigenvalue weighted by Crippen LogP contribution is 2.16. The van der Waals surface area contributed by atoms with Crippen molar-refractivity contribution in [1.29, 1.82) is 0 Å². The molecule has 7 nitrogen and oxygen atoms in total. The molecule has 0 saturated carbocycles. The van der Waals surface area contributed by atoms with Crippen LogP contribution >= 0.6 is 0 Å². The van der Waals surface area contributed by atoms with Crippen LogP contribution in [0.3, 0.4) is 0 Å². The minimum Gasteiger partial charge on any atom is -0.497 e. The number of nitrogens with one attached hydrogen (secondary N) is 1. The SMILES string of the molecule is COc1ccc(CNC(=O)[C@@H](C)OC(=O)c2ccc3nc(C)c(C)nc3c2)cc1.